The molecule has 0 atom stereocenters. The number of hydrogen-bond acceptors (Lipinski definition) is 4. The van der Waals surface area contributed by atoms with Gasteiger partial charge in [0.25, 0.3) is 0 Å². The van der Waals surface area contributed by atoms with E-state index in [4.69, 9.17) is 10.2 Å². The van der Waals surface area contributed by atoms with Crippen LogP contribution in [0, 0.1) is 0 Å². The van der Waals surface area contributed by atoms with E-state index in [0.29, 0.717) is 6.54 Å². The van der Waals surface area contributed by atoms with Crippen molar-refractivity contribution in [3.8, 4) is 0 Å². The van der Waals surface area contributed by atoms with Crippen LogP contribution in [0.15, 0.2) is 41.3 Å². The van der Waals surface area contributed by atoms with Gasteiger partial charge >= 0.3 is 0 Å². The summed E-state index contributed by atoms with van der Waals surface area (Å²) in [5, 5.41) is 0. The van der Waals surface area contributed by atoms with Crippen molar-refractivity contribution < 1.29 is 4.42 Å². The Balaban J connectivity index is 1.84. The van der Waals surface area contributed by atoms with E-state index < -0.39 is 0 Å². The van der Waals surface area contributed by atoms with Crippen molar-refractivity contribution in [1.82, 2.24) is 9.88 Å². The molecular weight excluding hydrogens is 226 g/mol. The van der Waals surface area contributed by atoms with Gasteiger partial charge in [-0.15, -0.1) is 0 Å². The highest BCUT2D eigenvalue weighted by Crippen LogP contribution is 2.12. The van der Waals surface area contributed by atoms with Crippen LogP contribution in [0.4, 0.5) is 0 Å². The molecule has 2 rings (SSSR count). The minimum absolute atomic E-state index is 0.532. The number of pyridine rings is 1. The Hall–Kier alpha value is -1.65. The topological polar surface area (TPSA) is 55.3 Å². The molecule has 18 heavy (non-hydrogen) atoms. The molecule has 0 aliphatic carbocycles. The second-order valence-corrected chi connectivity index (χ2v) is 4.42. The summed E-state index contributed by atoms with van der Waals surface area (Å²) >= 11 is 0. The van der Waals surface area contributed by atoms with Gasteiger partial charge in [-0.2, -0.15) is 0 Å². The average Bonchev–Trinajstić information content (AvgIpc) is 2.85. The van der Waals surface area contributed by atoms with Crippen molar-refractivity contribution in [2.75, 3.05) is 13.6 Å². The van der Waals surface area contributed by atoms with Gasteiger partial charge in [0.1, 0.15) is 5.76 Å². The molecule has 0 aromatic carbocycles. The van der Waals surface area contributed by atoms with Gasteiger partial charge in [-0.05, 0) is 37.2 Å². The fourth-order valence-electron chi connectivity index (χ4n) is 1.88. The number of likely N-dealkylation sites (N-methyl/N-ethyl adjacent to an activating group) is 1. The van der Waals surface area contributed by atoms with E-state index in [1.165, 1.54) is 5.56 Å². The Kier molecular flexibility index (Phi) is 4.50. The average molecular weight is 245 g/mol. The van der Waals surface area contributed by atoms with E-state index in [9.17, 15) is 0 Å². The molecule has 0 spiro atoms. The quantitative estimate of drug-likeness (QED) is 0.843. The molecule has 2 heterocycles. The minimum atomic E-state index is 0.532. The maximum atomic E-state index is 5.65. The molecule has 0 saturated heterocycles. The maximum absolute atomic E-state index is 5.65. The smallest absolute Gasteiger partial charge is 0.122 e. The molecule has 0 radical (unpaired) electrons. The second-order valence-electron chi connectivity index (χ2n) is 4.42. The summed E-state index contributed by atoms with van der Waals surface area (Å²) in [6, 6.07) is 6.03. The van der Waals surface area contributed by atoms with Crippen LogP contribution in [0.25, 0.3) is 0 Å². The molecular formula is C14H19N3O. The molecule has 0 saturated carbocycles. The van der Waals surface area contributed by atoms with Crippen LogP contribution in [0.1, 0.15) is 16.9 Å². The predicted molar refractivity (Wildman–Crippen MR) is 70.9 cm³/mol. The number of rotatable bonds is 6. The first kappa shape index (κ1) is 12.8. The fourth-order valence-corrected chi connectivity index (χ4v) is 1.88. The molecule has 4 heteroatoms. The third kappa shape index (κ3) is 3.42. The van der Waals surface area contributed by atoms with Crippen LogP contribution in [0.3, 0.4) is 0 Å². The Morgan fingerprint density at radius 3 is 2.78 bits per heavy atom. The van der Waals surface area contributed by atoms with E-state index in [2.05, 4.69) is 16.9 Å². The van der Waals surface area contributed by atoms with Crippen LogP contribution in [-0.4, -0.2) is 23.5 Å². The van der Waals surface area contributed by atoms with Gasteiger partial charge in [0.05, 0.1) is 12.8 Å². The first-order valence-electron chi connectivity index (χ1n) is 6.12. The van der Waals surface area contributed by atoms with Gasteiger partial charge in [0.15, 0.2) is 0 Å². The lowest BCUT2D eigenvalue weighted by molar-refractivity contribution is 0.296. The van der Waals surface area contributed by atoms with Crippen LogP contribution in [0.2, 0.25) is 0 Å². The highest BCUT2D eigenvalue weighted by Gasteiger charge is 2.08. The Labute approximate surface area is 107 Å². The summed E-state index contributed by atoms with van der Waals surface area (Å²) in [6.07, 6.45) is 6.37. The van der Waals surface area contributed by atoms with E-state index in [0.717, 1.165) is 30.8 Å². The lowest BCUT2D eigenvalue weighted by Crippen LogP contribution is -2.21. The van der Waals surface area contributed by atoms with Crippen molar-refractivity contribution >= 4 is 0 Å². The molecule has 2 aromatic rings. The summed E-state index contributed by atoms with van der Waals surface area (Å²) in [5.41, 5.74) is 8.04. The van der Waals surface area contributed by atoms with Crippen molar-refractivity contribution in [3.63, 3.8) is 0 Å². The monoisotopic (exact) mass is 245 g/mol. The SMILES string of the molecule is CN(CCc1ccncc1)Cc1occc1CN. The van der Waals surface area contributed by atoms with Crippen LogP contribution in [-0.2, 0) is 19.5 Å². The third-order valence-electron chi connectivity index (χ3n) is 3.00. The molecule has 0 fully saturated rings. The second kappa shape index (κ2) is 6.33. The summed E-state index contributed by atoms with van der Waals surface area (Å²) in [6.45, 7) is 2.31. The van der Waals surface area contributed by atoms with E-state index >= 15 is 0 Å². The summed E-state index contributed by atoms with van der Waals surface area (Å²) in [4.78, 5) is 6.25. The summed E-state index contributed by atoms with van der Waals surface area (Å²) in [7, 11) is 2.09. The molecule has 0 unspecified atom stereocenters. The molecule has 0 bridgehead atoms. The lowest BCUT2D eigenvalue weighted by atomic mass is 10.2. The van der Waals surface area contributed by atoms with Crippen molar-refractivity contribution in [2.45, 2.75) is 19.5 Å². The van der Waals surface area contributed by atoms with Gasteiger partial charge in [-0.25, -0.2) is 0 Å². The lowest BCUT2D eigenvalue weighted by Gasteiger charge is -2.15. The van der Waals surface area contributed by atoms with Crippen LogP contribution in [0.5, 0.6) is 0 Å². The zero-order valence-electron chi connectivity index (χ0n) is 10.7. The van der Waals surface area contributed by atoms with E-state index in [1.54, 1.807) is 6.26 Å². The zero-order valence-corrected chi connectivity index (χ0v) is 10.7. The molecule has 0 amide bonds. The number of nitrogens with two attached hydrogens (primary N) is 1. The summed E-state index contributed by atoms with van der Waals surface area (Å²) < 4.78 is 5.45. The van der Waals surface area contributed by atoms with Gasteiger partial charge in [-0.1, -0.05) is 0 Å². The van der Waals surface area contributed by atoms with E-state index in [-0.39, 0.29) is 0 Å². The minimum Gasteiger partial charge on any atom is -0.468 e. The molecule has 0 aliphatic rings. The maximum Gasteiger partial charge on any atom is 0.122 e. The molecule has 96 valence electrons. The van der Waals surface area contributed by atoms with Gasteiger partial charge in [0, 0.05) is 31.0 Å². The highest BCUT2D eigenvalue weighted by atomic mass is 16.3. The van der Waals surface area contributed by atoms with Gasteiger partial charge in [-0.3, -0.25) is 9.88 Å². The Morgan fingerprint density at radius 2 is 2.06 bits per heavy atom. The normalized spacial score (nSPS) is 11.1. The number of aromatic nitrogens is 1. The Bertz CT molecular complexity index is 467. The number of nitrogens with zero attached hydrogens (tertiary/aromatic N) is 2. The number of furan rings is 1. The van der Waals surface area contributed by atoms with E-state index in [1.807, 2.05) is 30.6 Å². The van der Waals surface area contributed by atoms with Crippen molar-refractivity contribution in [3.05, 3.63) is 53.7 Å². The van der Waals surface area contributed by atoms with Crippen LogP contribution < -0.4 is 5.73 Å². The Morgan fingerprint density at radius 1 is 1.28 bits per heavy atom. The molecule has 2 aromatic heterocycles. The van der Waals surface area contributed by atoms with Crippen molar-refractivity contribution in [1.29, 1.82) is 0 Å². The molecule has 4 nitrogen and oxygen atoms in total. The standard InChI is InChI=1S/C14H19N3O/c1-17(8-4-12-2-6-16-7-3-12)11-14-13(10-15)5-9-18-14/h2-3,5-7,9H,4,8,10-11,15H2,1H3. The van der Waals surface area contributed by atoms with Gasteiger partial charge in [0.2, 0.25) is 0 Å². The zero-order chi connectivity index (χ0) is 12.8. The van der Waals surface area contributed by atoms with Gasteiger partial charge < -0.3 is 10.2 Å². The largest absolute Gasteiger partial charge is 0.468 e. The first-order valence-corrected chi connectivity index (χ1v) is 6.12. The number of hydrogen-bond donors (Lipinski definition) is 1. The molecule has 0 aliphatic heterocycles. The van der Waals surface area contributed by atoms with Crippen LogP contribution >= 0.6 is 0 Å². The first-order chi connectivity index (χ1) is 8.79. The fraction of sp³-hybridized carbons (Fsp3) is 0.357. The highest BCUT2D eigenvalue weighted by molar-refractivity contribution is 5.16. The third-order valence-corrected chi connectivity index (χ3v) is 3.00. The molecule has 2 N–H and O–H groups in total. The predicted octanol–water partition coefficient (Wildman–Crippen LogP) is 1.81. The summed E-state index contributed by atoms with van der Waals surface area (Å²) in [5.74, 6) is 0.967. The van der Waals surface area contributed by atoms with Crippen molar-refractivity contribution in [2.24, 2.45) is 5.73 Å².